The van der Waals surface area contributed by atoms with Gasteiger partial charge >= 0.3 is 0 Å². The van der Waals surface area contributed by atoms with Crippen LogP contribution in [-0.2, 0) is 16.1 Å². The molecule has 0 saturated carbocycles. The van der Waals surface area contributed by atoms with Gasteiger partial charge in [0.1, 0.15) is 0 Å². The summed E-state index contributed by atoms with van der Waals surface area (Å²) >= 11 is 1.67. The normalized spacial score (nSPS) is 19.7. The highest BCUT2D eigenvalue weighted by atomic mass is 32.2. The molecule has 2 atom stereocenters. The van der Waals surface area contributed by atoms with Crippen LogP contribution in [0.25, 0.3) is 0 Å². The number of rotatable bonds is 7. The Balaban J connectivity index is 2.03. The highest BCUT2D eigenvalue weighted by Gasteiger charge is 2.24. The van der Waals surface area contributed by atoms with Crippen molar-refractivity contribution in [2.75, 3.05) is 30.4 Å². The minimum atomic E-state index is -0.216. The molecule has 0 unspecified atom stereocenters. The van der Waals surface area contributed by atoms with E-state index in [4.69, 9.17) is 5.73 Å². The molecule has 24 heavy (non-hydrogen) atoms. The summed E-state index contributed by atoms with van der Waals surface area (Å²) in [6.07, 6.45) is 3.85. The minimum absolute atomic E-state index is 0.0257. The Morgan fingerprint density at radius 2 is 2.17 bits per heavy atom. The second-order valence-corrected chi connectivity index (χ2v) is 7.39. The summed E-state index contributed by atoms with van der Waals surface area (Å²) in [7, 11) is 0. The molecule has 1 aliphatic heterocycles. The molecule has 1 saturated heterocycles. The molecule has 1 fully saturated rings. The SMILES string of the molecule is CSC[C@@H](C)C(=O)Nc1ccccc1CN1CCC[C@@H](C(N)=O)C1. The lowest BCUT2D eigenvalue weighted by molar-refractivity contribution is -0.123. The first-order chi connectivity index (χ1) is 11.5. The molecule has 6 heteroatoms. The highest BCUT2D eigenvalue weighted by molar-refractivity contribution is 7.98. The quantitative estimate of drug-likeness (QED) is 0.792. The number of nitrogens with one attached hydrogen (secondary N) is 1. The van der Waals surface area contributed by atoms with Crippen LogP contribution in [0.2, 0.25) is 0 Å². The van der Waals surface area contributed by atoms with E-state index in [2.05, 4.69) is 10.2 Å². The van der Waals surface area contributed by atoms with Gasteiger partial charge in [0.15, 0.2) is 0 Å². The zero-order chi connectivity index (χ0) is 17.5. The monoisotopic (exact) mass is 349 g/mol. The summed E-state index contributed by atoms with van der Waals surface area (Å²) in [4.78, 5) is 26.0. The number of nitrogens with zero attached hydrogens (tertiary/aromatic N) is 1. The number of thioether (sulfide) groups is 1. The standard InChI is InChI=1S/C18H27N3O2S/c1-13(12-24-2)18(23)20-16-8-4-3-6-14(16)10-21-9-5-7-15(11-21)17(19)22/h3-4,6,8,13,15H,5,7,9-12H2,1-2H3,(H2,19,22)(H,20,23)/t13-,15-/m1/s1. The fraction of sp³-hybridized carbons (Fsp3) is 0.556. The highest BCUT2D eigenvalue weighted by Crippen LogP contribution is 2.22. The number of para-hydroxylation sites is 1. The zero-order valence-electron chi connectivity index (χ0n) is 14.5. The van der Waals surface area contributed by atoms with Crippen molar-refractivity contribution < 1.29 is 9.59 Å². The van der Waals surface area contributed by atoms with Gasteiger partial charge < -0.3 is 11.1 Å². The molecule has 0 aromatic heterocycles. The number of amides is 2. The Morgan fingerprint density at radius 3 is 2.88 bits per heavy atom. The summed E-state index contributed by atoms with van der Waals surface area (Å²) in [5.74, 6) is 0.544. The van der Waals surface area contributed by atoms with Gasteiger partial charge in [-0.05, 0) is 37.3 Å². The molecule has 132 valence electrons. The van der Waals surface area contributed by atoms with Gasteiger partial charge in [-0.1, -0.05) is 25.1 Å². The number of primary amides is 1. The van der Waals surface area contributed by atoms with Crippen LogP contribution in [0.15, 0.2) is 24.3 Å². The number of hydrogen-bond donors (Lipinski definition) is 2. The lowest BCUT2D eigenvalue weighted by Gasteiger charge is -2.31. The van der Waals surface area contributed by atoms with E-state index in [1.165, 1.54) is 0 Å². The number of nitrogens with two attached hydrogens (primary N) is 1. The van der Waals surface area contributed by atoms with Crippen LogP contribution in [0.4, 0.5) is 5.69 Å². The summed E-state index contributed by atoms with van der Waals surface area (Å²) in [5.41, 5.74) is 7.39. The molecule has 1 aromatic rings. The molecule has 3 N–H and O–H groups in total. The van der Waals surface area contributed by atoms with Gasteiger partial charge in [0, 0.05) is 30.4 Å². The molecule has 2 amide bonds. The van der Waals surface area contributed by atoms with Crippen molar-refractivity contribution in [1.82, 2.24) is 4.90 Å². The summed E-state index contributed by atoms with van der Waals surface area (Å²) in [6, 6.07) is 7.88. The number of benzene rings is 1. The predicted octanol–water partition coefficient (Wildman–Crippen LogP) is 2.32. The van der Waals surface area contributed by atoms with Crippen LogP contribution >= 0.6 is 11.8 Å². The van der Waals surface area contributed by atoms with Crippen molar-refractivity contribution >= 4 is 29.3 Å². The fourth-order valence-corrected chi connectivity index (χ4v) is 3.69. The minimum Gasteiger partial charge on any atom is -0.369 e. The maximum atomic E-state index is 12.3. The third kappa shape index (κ3) is 5.24. The maximum absolute atomic E-state index is 12.3. The van der Waals surface area contributed by atoms with E-state index in [0.717, 1.165) is 42.9 Å². The van der Waals surface area contributed by atoms with E-state index in [-0.39, 0.29) is 23.7 Å². The number of likely N-dealkylation sites (tertiary alicyclic amines) is 1. The fourth-order valence-electron chi connectivity index (χ4n) is 3.03. The average Bonchev–Trinajstić information content (AvgIpc) is 2.57. The number of anilines is 1. The van der Waals surface area contributed by atoms with Crippen LogP contribution < -0.4 is 11.1 Å². The molecule has 1 heterocycles. The zero-order valence-corrected chi connectivity index (χ0v) is 15.3. The first kappa shape index (κ1) is 18.8. The van der Waals surface area contributed by atoms with Gasteiger partial charge in [0.25, 0.3) is 0 Å². The summed E-state index contributed by atoms with van der Waals surface area (Å²) in [6.45, 7) is 4.31. The third-order valence-corrected chi connectivity index (χ3v) is 5.27. The van der Waals surface area contributed by atoms with Crippen molar-refractivity contribution in [2.24, 2.45) is 17.6 Å². The molecule has 0 aliphatic carbocycles. The van der Waals surface area contributed by atoms with E-state index >= 15 is 0 Å². The molecule has 1 aliphatic rings. The number of carbonyl (C=O) groups excluding carboxylic acids is 2. The molecule has 1 aromatic carbocycles. The third-order valence-electron chi connectivity index (χ3n) is 4.44. The van der Waals surface area contributed by atoms with Crippen molar-refractivity contribution in [3.05, 3.63) is 29.8 Å². The Bertz CT molecular complexity index is 579. The molecule has 2 rings (SSSR count). The lowest BCUT2D eigenvalue weighted by Crippen LogP contribution is -2.40. The number of carbonyl (C=O) groups is 2. The number of hydrogen-bond acceptors (Lipinski definition) is 4. The maximum Gasteiger partial charge on any atom is 0.228 e. The second-order valence-electron chi connectivity index (χ2n) is 6.48. The Kier molecular flexibility index (Phi) is 7.12. The Hall–Kier alpha value is -1.53. The average molecular weight is 350 g/mol. The first-order valence-electron chi connectivity index (χ1n) is 8.40. The van der Waals surface area contributed by atoms with Crippen molar-refractivity contribution in [3.63, 3.8) is 0 Å². The molecule has 0 radical (unpaired) electrons. The topological polar surface area (TPSA) is 75.4 Å². The van der Waals surface area contributed by atoms with Crippen LogP contribution in [0, 0.1) is 11.8 Å². The van der Waals surface area contributed by atoms with Crippen molar-refractivity contribution in [2.45, 2.75) is 26.3 Å². The van der Waals surface area contributed by atoms with Gasteiger partial charge in [-0.2, -0.15) is 11.8 Å². The van der Waals surface area contributed by atoms with E-state index in [1.807, 2.05) is 37.4 Å². The van der Waals surface area contributed by atoms with Crippen LogP contribution in [0.3, 0.4) is 0 Å². The Labute approximate surface area is 148 Å². The van der Waals surface area contributed by atoms with Crippen LogP contribution in [0.1, 0.15) is 25.3 Å². The first-order valence-corrected chi connectivity index (χ1v) is 9.80. The Morgan fingerprint density at radius 1 is 1.42 bits per heavy atom. The van der Waals surface area contributed by atoms with Gasteiger partial charge in [-0.25, -0.2) is 0 Å². The second kappa shape index (κ2) is 9.08. The van der Waals surface area contributed by atoms with Gasteiger partial charge in [-0.15, -0.1) is 0 Å². The van der Waals surface area contributed by atoms with Crippen molar-refractivity contribution in [1.29, 1.82) is 0 Å². The summed E-state index contributed by atoms with van der Waals surface area (Å²) in [5, 5.41) is 3.05. The molecule has 0 bridgehead atoms. The smallest absolute Gasteiger partial charge is 0.228 e. The van der Waals surface area contributed by atoms with E-state index in [0.29, 0.717) is 6.54 Å². The van der Waals surface area contributed by atoms with E-state index in [9.17, 15) is 9.59 Å². The number of piperidine rings is 1. The van der Waals surface area contributed by atoms with Crippen LogP contribution in [0.5, 0.6) is 0 Å². The molecule has 5 nitrogen and oxygen atoms in total. The largest absolute Gasteiger partial charge is 0.369 e. The molecule has 0 spiro atoms. The predicted molar refractivity (Wildman–Crippen MR) is 99.8 cm³/mol. The summed E-state index contributed by atoms with van der Waals surface area (Å²) < 4.78 is 0. The van der Waals surface area contributed by atoms with Gasteiger partial charge in [0.2, 0.25) is 11.8 Å². The van der Waals surface area contributed by atoms with Crippen molar-refractivity contribution in [3.8, 4) is 0 Å². The van der Waals surface area contributed by atoms with Gasteiger partial charge in [0.05, 0.1) is 5.92 Å². The molecular weight excluding hydrogens is 322 g/mol. The van der Waals surface area contributed by atoms with Crippen LogP contribution in [-0.4, -0.2) is 41.8 Å². The van der Waals surface area contributed by atoms with Gasteiger partial charge in [-0.3, -0.25) is 14.5 Å². The van der Waals surface area contributed by atoms with E-state index < -0.39 is 0 Å². The van der Waals surface area contributed by atoms with E-state index in [1.54, 1.807) is 11.8 Å². The lowest BCUT2D eigenvalue weighted by atomic mass is 9.97. The molecular formula is C18H27N3O2S.